The van der Waals surface area contributed by atoms with E-state index in [1.165, 1.54) is 6.07 Å². The first kappa shape index (κ1) is 23.2. The lowest BCUT2D eigenvalue weighted by molar-refractivity contribution is -0.137. The SMILES string of the molecule is Cc1cc(OC(F)F)nc(C)c1-c1ccc(C2(c3nc4ncc(C(F)(F)F)cc4[nH]3)COC2)cc1. The molecule has 0 bridgehead atoms. The Morgan fingerprint density at radius 1 is 1.06 bits per heavy atom. The normalized spacial score (nSPS) is 15.4. The molecule has 6 nitrogen and oxygen atoms in total. The molecule has 1 saturated heterocycles. The lowest BCUT2D eigenvalue weighted by Gasteiger charge is -2.40. The summed E-state index contributed by atoms with van der Waals surface area (Å²) >= 11 is 0. The van der Waals surface area contributed by atoms with Crippen LogP contribution in [0.4, 0.5) is 22.0 Å². The van der Waals surface area contributed by atoms with Crippen molar-refractivity contribution in [3.8, 4) is 17.0 Å². The van der Waals surface area contributed by atoms with Crippen LogP contribution < -0.4 is 4.74 Å². The van der Waals surface area contributed by atoms with E-state index in [9.17, 15) is 22.0 Å². The van der Waals surface area contributed by atoms with Gasteiger partial charge in [0.2, 0.25) is 5.88 Å². The highest BCUT2D eigenvalue weighted by Gasteiger charge is 2.45. The van der Waals surface area contributed by atoms with Crippen molar-refractivity contribution in [1.82, 2.24) is 19.9 Å². The van der Waals surface area contributed by atoms with Crippen LogP contribution in [0.2, 0.25) is 0 Å². The number of H-pyrrole nitrogens is 1. The Kier molecular flexibility index (Phi) is 5.47. The molecule has 1 aliphatic rings. The molecular weight excluding hydrogens is 471 g/mol. The number of benzene rings is 1. The van der Waals surface area contributed by atoms with Crippen LogP contribution in [0.5, 0.6) is 5.88 Å². The Hall–Kier alpha value is -3.60. The van der Waals surface area contributed by atoms with Crippen LogP contribution in [0.15, 0.2) is 42.6 Å². The summed E-state index contributed by atoms with van der Waals surface area (Å²) in [6, 6.07) is 9.99. The monoisotopic (exact) mass is 490 g/mol. The highest BCUT2D eigenvalue weighted by molar-refractivity contribution is 5.73. The Balaban J connectivity index is 1.49. The van der Waals surface area contributed by atoms with Gasteiger partial charge >= 0.3 is 12.8 Å². The van der Waals surface area contributed by atoms with Crippen LogP contribution in [0, 0.1) is 13.8 Å². The standard InChI is InChI=1S/C24H19F5N4O2/c1-12-7-18(35-22(25)26)31-13(2)19(12)14-3-5-15(6-4-14)23(10-34-11-23)21-32-17-8-16(24(27,28)29)9-30-20(17)33-21/h3-9,22H,10-11H2,1-2H3,(H,30,32,33). The molecule has 0 radical (unpaired) electrons. The maximum absolute atomic E-state index is 13.1. The number of hydrogen-bond donors (Lipinski definition) is 1. The molecule has 1 N–H and O–H groups in total. The Bertz CT molecular complexity index is 1370. The zero-order valence-corrected chi connectivity index (χ0v) is 18.6. The third-order valence-corrected chi connectivity index (χ3v) is 6.12. The van der Waals surface area contributed by atoms with E-state index in [0.29, 0.717) is 24.7 Å². The van der Waals surface area contributed by atoms with Crippen molar-refractivity contribution < 1.29 is 31.4 Å². The largest absolute Gasteiger partial charge is 0.417 e. The number of imidazole rings is 1. The minimum atomic E-state index is -4.51. The molecule has 182 valence electrons. The fourth-order valence-corrected chi connectivity index (χ4v) is 4.37. The minimum Gasteiger partial charge on any atom is -0.417 e. The first-order valence-corrected chi connectivity index (χ1v) is 10.6. The first-order valence-electron chi connectivity index (χ1n) is 10.6. The summed E-state index contributed by atoms with van der Waals surface area (Å²) in [5.41, 5.74) is 2.64. The van der Waals surface area contributed by atoms with Crippen molar-refractivity contribution in [2.75, 3.05) is 13.2 Å². The lowest BCUT2D eigenvalue weighted by Crippen LogP contribution is -2.48. The van der Waals surface area contributed by atoms with Crippen LogP contribution in [0.1, 0.15) is 28.2 Å². The van der Waals surface area contributed by atoms with Crippen molar-refractivity contribution in [1.29, 1.82) is 0 Å². The Morgan fingerprint density at radius 3 is 2.34 bits per heavy atom. The van der Waals surface area contributed by atoms with Gasteiger partial charge in [0.1, 0.15) is 5.82 Å². The van der Waals surface area contributed by atoms with Crippen molar-refractivity contribution in [3.05, 3.63) is 70.8 Å². The number of rotatable bonds is 5. The van der Waals surface area contributed by atoms with Gasteiger partial charge in [0.15, 0.2) is 5.65 Å². The van der Waals surface area contributed by atoms with Crippen LogP contribution in [0.25, 0.3) is 22.3 Å². The molecule has 1 aromatic carbocycles. The number of halogens is 5. The van der Waals surface area contributed by atoms with Gasteiger partial charge in [-0.3, -0.25) is 0 Å². The predicted octanol–water partition coefficient (Wildman–Crippen LogP) is 5.57. The smallest absolute Gasteiger partial charge is 0.417 e. The molecule has 0 atom stereocenters. The molecule has 35 heavy (non-hydrogen) atoms. The van der Waals surface area contributed by atoms with Crippen molar-refractivity contribution in [3.63, 3.8) is 0 Å². The number of fused-ring (bicyclic) bond motifs is 1. The zero-order valence-electron chi connectivity index (χ0n) is 18.6. The van der Waals surface area contributed by atoms with E-state index in [0.717, 1.165) is 34.5 Å². The van der Waals surface area contributed by atoms with Crippen LogP contribution in [0.3, 0.4) is 0 Å². The number of hydrogen-bond acceptors (Lipinski definition) is 5. The summed E-state index contributed by atoms with van der Waals surface area (Å²) in [6.07, 6.45) is -3.74. The Labute approximate surface area is 196 Å². The number of nitrogens with zero attached hydrogens (tertiary/aromatic N) is 3. The summed E-state index contributed by atoms with van der Waals surface area (Å²) in [4.78, 5) is 15.4. The maximum Gasteiger partial charge on any atom is 0.417 e. The van der Waals surface area contributed by atoms with Gasteiger partial charge in [-0.2, -0.15) is 22.0 Å². The molecular formula is C24H19F5N4O2. The third-order valence-electron chi connectivity index (χ3n) is 6.12. The highest BCUT2D eigenvalue weighted by atomic mass is 19.4. The summed E-state index contributed by atoms with van der Waals surface area (Å²) < 4.78 is 74.2. The molecule has 5 rings (SSSR count). The number of aryl methyl sites for hydroxylation is 2. The van der Waals surface area contributed by atoms with Gasteiger partial charge in [0, 0.05) is 23.5 Å². The molecule has 1 fully saturated rings. The van der Waals surface area contributed by atoms with E-state index in [1.807, 2.05) is 24.3 Å². The number of nitrogens with one attached hydrogen (secondary N) is 1. The van der Waals surface area contributed by atoms with E-state index in [2.05, 4.69) is 24.7 Å². The fourth-order valence-electron chi connectivity index (χ4n) is 4.37. The molecule has 4 heterocycles. The molecule has 0 unspecified atom stereocenters. The second-order valence-electron chi connectivity index (χ2n) is 8.45. The molecule has 1 aliphatic heterocycles. The van der Waals surface area contributed by atoms with Gasteiger partial charge < -0.3 is 14.5 Å². The average molecular weight is 490 g/mol. The summed E-state index contributed by atoms with van der Waals surface area (Å²) in [5.74, 6) is 0.328. The number of alkyl halides is 5. The van der Waals surface area contributed by atoms with Gasteiger partial charge in [0.25, 0.3) is 0 Å². The predicted molar refractivity (Wildman–Crippen MR) is 116 cm³/mol. The topological polar surface area (TPSA) is 72.9 Å². The lowest BCUT2D eigenvalue weighted by atomic mass is 9.77. The maximum atomic E-state index is 13.1. The summed E-state index contributed by atoms with van der Waals surface area (Å²) in [5, 5.41) is 0. The third kappa shape index (κ3) is 4.09. The number of aromatic amines is 1. The Morgan fingerprint density at radius 2 is 1.77 bits per heavy atom. The summed E-state index contributed by atoms with van der Waals surface area (Å²) in [7, 11) is 0. The number of aromatic nitrogens is 4. The van der Waals surface area contributed by atoms with Crippen molar-refractivity contribution in [2.24, 2.45) is 0 Å². The van der Waals surface area contributed by atoms with Gasteiger partial charge in [-0.25, -0.2) is 15.0 Å². The van der Waals surface area contributed by atoms with Gasteiger partial charge in [0.05, 0.1) is 29.7 Å². The molecule has 0 saturated carbocycles. The van der Waals surface area contributed by atoms with E-state index in [4.69, 9.17) is 4.74 Å². The van der Waals surface area contributed by atoms with Crippen molar-refractivity contribution >= 4 is 11.2 Å². The van der Waals surface area contributed by atoms with Crippen LogP contribution in [-0.2, 0) is 16.3 Å². The quantitative estimate of drug-likeness (QED) is 0.370. The molecule has 4 aromatic rings. The molecule has 11 heteroatoms. The highest BCUT2D eigenvalue weighted by Crippen LogP contribution is 2.40. The van der Waals surface area contributed by atoms with Gasteiger partial charge in [-0.05, 0) is 36.6 Å². The first-order chi connectivity index (χ1) is 16.6. The number of ether oxygens (including phenoxy) is 2. The van der Waals surface area contributed by atoms with Crippen LogP contribution >= 0.6 is 0 Å². The molecule has 0 aliphatic carbocycles. The van der Waals surface area contributed by atoms with Gasteiger partial charge in [-0.1, -0.05) is 24.3 Å². The van der Waals surface area contributed by atoms with Crippen molar-refractivity contribution in [2.45, 2.75) is 32.1 Å². The number of pyridine rings is 2. The van der Waals surface area contributed by atoms with E-state index >= 15 is 0 Å². The average Bonchev–Trinajstić information content (AvgIpc) is 3.15. The molecule has 0 amide bonds. The second kappa shape index (κ2) is 8.26. The summed E-state index contributed by atoms with van der Waals surface area (Å²) in [6.45, 7) is 1.15. The van der Waals surface area contributed by atoms with E-state index in [1.54, 1.807) is 13.8 Å². The minimum absolute atomic E-state index is 0.145. The molecule has 3 aromatic heterocycles. The molecule has 0 spiro atoms. The van der Waals surface area contributed by atoms with Gasteiger partial charge in [-0.15, -0.1) is 0 Å². The zero-order chi connectivity index (χ0) is 25.0. The fraction of sp³-hybridized carbons (Fsp3) is 0.292. The van der Waals surface area contributed by atoms with E-state index < -0.39 is 23.8 Å². The second-order valence-corrected chi connectivity index (χ2v) is 8.45. The van der Waals surface area contributed by atoms with Crippen LogP contribution in [-0.4, -0.2) is 39.8 Å². The van der Waals surface area contributed by atoms with E-state index in [-0.39, 0.29) is 17.0 Å².